The van der Waals surface area contributed by atoms with Crippen LogP contribution in [-0.4, -0.2) is 37.2 Å². The summed E-state index contributed by atoms with van der Waals surface area (Å²) < 4.78 is 5.86. The van der Waals surface area contributed by atoms with Crippen LogP contribution >= 0.6 is 35.6 Å². The Kier molecular flexibility index (Phi) is 6.06. The molecule has 1 aliphatic heterocycles. The van der Waals surface area contributed by atoms with E-state index in [9.17, 15) is 24.8 Å². The Morgan fingerprint density at radius 3 is 2.76 bits per heavy atom. The standard InChI is InChI=1S/C18H13ClN2O6S2/c1-2-13(17(23)24)20-16(22)15(29-18(20)28)8-10-4-6-14(27-10)11-5-3-9(21(25)26)7-12(11)19/h3-8,13H,2H2,1H3,(H,23,24). The number of hydrogen-bond donors (Lipinski definition) is 1. The molecule has 11 heteroatoms. The molecule has 0 aliphatic carbocycles. The molecule has 2 aromatic rings. The summed E-state index contributed by atoms with van der Waals surface area (Å²) in [5, 5.41) is 20.3. The molecule has 29 heavy (non-hydrogen) atoms. The second-order valence-electron chi connectivity index (χ2n) is 5.94. The summed E-state index contributed by atoms with van der Waals surface area (Å²) in [6.07, 6.45) is 1.69. The molecule has 1 aromatic heterocycles. The maximum Gasteiger partial charge on any atom is 0.326 e. The molecule has 150 valence electrons. The van der Waals surface area contributed by atoms with Gasteiger partial charge < -0.3 is 9.52 Å². The number of carbonyl (C=O) groups is 2. The van der Waals surface area contributed by atoms with Crippen LogP contribution in [0.2, 0.25) is 5.02 Å². The summed E-state index contributed by atoms with van der Waals surface area (Å²) in [5.41, 5.74) is 0.319. The van der Waals surface area contributed by atoms with Crippen molar-refractivity contribution in [2.45, 2.75) is 19.4 Å². The summed E-state index contributed by atoms with van der Waals surface area (Å²) in [6, 6.07) is 6.20. The molecular weight excluding hydrogens is 440 g/mol. The number of carboxylic acids is 1. The topological polar surface area (TPSA) is 114 Å². The monoisotopic (exact) mass is 452 g/mol. The predicted octanol–water partition coefficient (Wildman–Crippen LogP) is 4.57. The maximum absolute atomic E-state index is 12.6. The van der Waals surface area contributed by atoms with Gasteiger partial charge >= 0.3 is 5.97 Å². The zero-order valence-corrected chi connectivity index (χ0v) is 17.2. The van der Waals surface area contributed by atoms with Gasteiger partial charge in [0.05, 0.1) is 14.9 Å². The van der Waals surface area contributed by atoms with Crippen molar-refractivity contribution < 1.29 is 24.0 Å². The summed E-state index contributed by atoms with van der Waals surface area (Å²) >= 11 is 12.3. The largest absolute Gasteiger partial charge is 0.480 e. The first-order chi connectivity index (χ1) is 13.7. The minimum atomic E-state index is -1.13. The minimum Gasteiger partial charge on any atom is -0.480 e. The zero-order chi connectivity index (χ0) is 21.3. The fraction of sp³-hybridized carbons (Fsp3) is 0.167. The van der Waals surface area contributed by atoms with Crippen LogP contribution < -0.4 is 0 Å². The molecule has 0 spiro atoms. The molecule has 0 bridgehead atoms. The summed E-state index contributed by atoms with van der Waals surface area (Å²) in [6.45, 7) is 1.66. The molecule has 1 N–H and O–H groups in total. The van der Waals surface area contributed by atoms with Gasteiger partial charge in [-0.3, -0.25) is 19.8 Å². The van der Waals surface area contributed by atoms with Gasteiger partial charge in [-0.2, -0.15) is 0 Å². The molecule has 1 aliphatic rings. The molecule has 1 aromatic carbocycles. The Morgan fingerprint density at radius 1 is 1.45 bits per heavy atom. The first kappa shape index (κ1) is 21.0. The minimum absolute atomic E-state index is 0.141. The molecular formula is C18H13ClN2O6S2. The fourth-order valence-electron chi connectivity index (χ4n) is 2.74. The number of rotatable bonds is 6. The van der Waals surface area contributed by atoms with Gasteiger partial charge in [0.1, 0.15) is 21.9 Å². The Bertz CT molecular complexity index is 1060. The number of halogens is 1. The van der Waals surface area contributed by atoms with E-state index in [1.165, 1.54) is 24.3 Å². The maximum atomic E-state index is 12.6. The number of benzene rings is 1. The van der Waals surface area contributed by atoms with Gasteiger partial charge in [-0.15, -0.1) is 0 Å². The predicted molar refractivity (Wildman–Crippen MR) is 113 cm³/mol. The third-order valence-electron chi connectivity index (χ3n) is 4.14. The van der Waals surface area contributed by atoms with Crippen molar-refractivity contribution in [2.24, 2.45) is 0 Å². The van der Waals surface area contributed by atoms with E-state index in [1.807, 2.05) is 0 Å². The number of nitrogens with zero attached hydrogens (tertiary/aromatic N) is 2. The van der Waals surface area contributed by atoms with Crippen molar-refractivity contribution in [3.8, 4) is 11.3 Å². The lowest BCUT2D eigenvalue weighted by molar-refractivity contribution is -0.384. The number of non-ortho nitro benzene ring substituents is 1. The number of furan rings is 1. The number of thioether (sulfide) groups is 1. The highest BCUT2D eigenvalue weighted by Gasteiger charge is 2.39. The van der Waals surface area contributed by atoms with Crippen LogP contribution in [0.25, 0.3) is 17.4 Å². The van der Waals surface area contributed by atoms with Gasteiger partial charge in [-0.1, -0.05) is 42.5 Å². The van der Waals surface area contributed by atoms with Crippen molar-refractivity contribution >= 4 is 63.5 Å². The third-order valence-corrected chi connectivity index (χ3v) is 5.78. The van der Waals surface area contributed by atoms with Crippen LogP contribution in [0.1, 0.15) is 19.1 Å². The van der Waals surface area contributed by atoms with E-state index >= 15 is 0 Å². The molecule has 2 heterocycles. The van der Waals surface area contributed by atoms with Crippen LogP contribution in [0.3, 0.4) is 0 Å². The lowest BCUT2D eigenvalue weighted by atomic mass is 10.1. The van der Waals surface area contributed by atoms with Crippen molar-refractivity contribution in [1.82, 2.24) is 4.90 Å². The molecule has 1 saturated heterocycles. The average Bonchev–Trinajstić information content (AvgIpc) is 3.22. The van der Waals surface area contributed by atoms with E-state index < -0.39 is 22.8 Å². The van der Waals surface area contributed by atoms with E-state index in [4.69, 9.17) is 28.2 Å². The van der Waals surface area contributed by atoms with Crippen molar-refractivity contribution in [1.29, 1.82) is 0 Å². The van der Waals surface area contributed by atoms with Gasteiger partial charge in [0.25, 0.3) is 11.6 Å². The van der Waals surface area contributed by atoms with Crippen LogP contribution in [-0.2, 0) is 9.59 Å². The molecule has 0 saturated carbocycles. The zero-order valence-electron chi connectivity index (χ0n) is 14.8. The van der Waals surface area contributed by atoms with Gasteiger partial charge in [0, 0.05) is 23.8 Å². The van der Waals surface area contributed by atoms with Gasteiger partial charge in [-0.25, -0.2) is 4.79 Å². The lowest BCUT2D eigenvalue weighted by Gasteiger charge is -2.21. The van der Waals surface area contributed by atoms with Gasteiger partial charge in [0.15, 0.2) is 0 Å². The Hall–Kier alpha value is -2.69. The molecule has 1 unspecified atom stereocenters. The Labute approximate surface area is 179 Å². The van der Waals surface area contributed by atoms with Crippen molar-refractivity contribution in [2.75, 3.05) is 0 Å². The number of carbonyl (C=O) groups excluding carboxylic acids is 1. The van der Waals surface area contributed by atoms with Gasteiger partial charge in [0.2, 0.25) is 0 Å². The van der Waals surface area contributed by atoms with E-state index in [0.29, 0.717) is 17.1 Å². The van der Waals surface area contributed by atoms with E-state index in [1.54, 1.807) is 19.1 Å². The first-order valence-corrected chi connectivity index (χ1v) is 9.87. The van der Waals surface area contributed by atoms with Crippen molar-refractivity contribution in [3.63, 3.8) is 0 Å². The SMILES string of the molecule is CCC(C(=O)O)N1C(=O)C(=Cc2ccc(-c3ccc([N+](=O)[O-])cc3Cl)o2)SC1=S. The normalized spacial score (nSPS) is 16.5. The highest BCUT2D eigenvalue weighted by Crippen LogP contribution is 2.36. The number of amides is 1. The van der Waals surface area contributed by atoms with Crippen LogP contribution in [0.5, 0.6) is 0 Å². The summed E-state index contributed by atoms with van der Waals surface area (Å²) in [4.78, 5) is 35.6. The number of carboxylic acid groups (broad SMARTS) is 1. The molecule has 1 atom stereocenters. The van der Waals surface area contributed by atoms with Crippen molar-refractivity contribution in [3.05, 3.63) is 56.1 Å². The molecule has 8 nitrogen and oxygen atoms in total. The number of aliphatic carboxylic acids is 1. The Morgan fingerprint density at radius 2 is 2.17 bits per heavy atom. The Balaban J connectivity index is 1.87. The second-order valence-corrected chi connectivity index (χ2v) is 8.02. The molecule has 3 rings (SSSR count). The number of thiocarbonyl (C=S) groups is 1. The van der Waals surface area contributed by atoms with E-state index in [2.05, 4.69) is 0 Å². The lowest BCUT2D eigenvalue weighted by Crippen LogP contribution is -2.43. The second kappa shape index (κ2) is 8.36. The quantitative estimate of drug-likeness (QED) is 0.293. The molecule has 1 fully saturated rings. The fourth-order valence-corrected chi connectivity index (χ4v) is 4.34. The number of nitro groups is 1. The van der Waals surface area contributed by atoms with Crippen LogP contribution in [0, 0.1) is 10.1 Å². The number of hydrogen-bond acceptors (Lipinski definition) is 7. The number of nitro benzene ring substituents is 1. The van der Waals surface area contributed by atoms with E-state index in [-0.39, 0.29) is 26.4 Å². The first-order valence-electron chi connectivity index (χ1n) is 8.27. The average molecular weight is 453 g/mol. The summed E-state index contributed by atoms with van der Waals surface area (Å²) in [7, 11) is 0. The van der Waals surface area contributed by atoms with Crippen LogP contribution in [0.15, 0.2) is 39.7 Å². The smallest absolute Gasteiger partial charge is 0.326 e. The third kappa shape index (κ3) is 4.19. The van der Waals surface area contributed by atoms with Gasteiger partial charge in [-0.05, 0) is 24.6 Å². The van der Waals surface area contributed by atoms with Crippen LogP contribution in [0.4, 0.5) is 5.69 Å². The highest BCUT2D eigenvalue weighted by atomic mass is 35.5. The highest BCUT2D eigenvalue weighted by molar-refractivity contribution is 8.26. The van der Waals surface area contributed by atoms with E-state index in [0.717, 1.165) is 16.7 Å². The molecule has 1 amide bonds. The molecule has 0 radical (unpaired) electrons. The summed E-state index contributed by atoms with van der Waals surface area (Å²) in [5.74, 6) is -0.930.